The summed E-state index contributed by atoms with van der Waals surface area (Å²) in [5.74, 6) is 0. The fourth-order valence-corrected chi connectivity index (χ4v) is 6.03. The van der Waals surface area contributed by atoms with Gasteiger partial charge in [-0.05, 0) is 50.2 Å². The third kappa shape index (κ3) is 1.64. The Bertz CT molecular complexity index is 1470. The monoisotopic (exact) mass is 361 g/mol. The van der Waals surface area contributed by atoms with E-state index in [0.29, 0.717) is 0 Å². The van der Waals surface area contributed by atoms with Gasteiger partial charge in [-0.1, -0.05) is 0 Å². The minimum Gasteiger partial charge on any atom is -0.453 e. The Morgan fingerprint density at radius 1 is 0.720 bits per heavy atom. The SMILES string of the molecule is Cc1cc2c(ccc3c2oc2c4ccc5sc(C)cc5c4n(C)c32)s1. The van der Waals surface area contributed by atoms with E-state index in [9.17, 15) is 0 Å². The summed E-state index contributed by atoms with van der Waals surface area (Å²) in [7, 11) is 2.16. The summed E-state index contributed by atoms with van der Waals surface area (Å²) in [6.45, 7) is 4.33. The molecule has 6 aromatic rings. The fourth-order valence-electron chi connectivity index (χ4n) is 4.18. The number of nitrogens with zero attached hydrogens (tertiary/aromatic N) is 1. The fraction of sp³-hybridized carbons (Fsp3) is 0.143. The smallest absolute Gasteiger partial charge is 0.161 e. The lowest BCUT2D eigenvalue weighted by Gasteiger charge is -2.00. The molecule has 6 rings (SSSR count). The summed E-state index contributed by atoms with van der Waals surface area (Å²) in [5, 5.41) is 4.98. The van der Waals surface area contributed by atoms with Crippen LogP contribution in [0.5, 0.6) is 0 Å². The molecule has 4 heterocycles. The van der Waals surface area contributed by atoms with Crippen molar-refractivity contribution in [2.45, 2.75) is 13.8 Å². The van der Waals surface area contributed by atoms with Crippen LogP contribution in [0.15, 0.2) is 40.8 Å². The Kier molecular flexibility index (Phi) is 2.48. The first kappa shape index (κ1) is 13.9. The number of fused-ring (bicyclic) bond motifs is 9. The van der Waals surface area contributed by atoms with Gasteiger partial charge in [0, 0.05) is 47.7 Å². The quantitative estimate of drug-likeness (QED) is 0.281. The Hall–Kier alpha value is -2.30. The molecule has 0 atom stereocenters. The highest BCUT2D eigenvalue weighted by Crippen LogP contribution is 2.43. The van der Waals surface area contributed by atoms with Crippen molar-refractivity contribution in [2.75, 3.05) is 0 Å². The van der Waals surface area contributed by atoms with Crippen molar-refractivity contribution in [1.29, 1.82) is 0 Å². The summed E-state index contributed by atoms with van der Waals surface area (Å²) in [6.07, 6.45) is 0. The van der Waals surface area contributed by atoms with Gasteiger partial charge in [-0.15, -0.1) is 22.7 Å². The maximum absolute atomic E-state index is 6.46. The number of furan rings is 1. The minimum atomic E-state index is 1.01. The Morgan fingerprint density at radius 3 is 2.04 bits per heavy atom. The molecule has 0 aliphatic heterocycles. The molecular formula is C21H15NOS2. The van der Waals surface area contributed by atoms with Crippen LogP contribution >= 0.6 is 22.7 Å². The van der Waals surface area contributed by atoms with Crippen LogP contribution in [0.2, 0.25) is 0 Å². The van der Waals surface area contributed by atoms with Crippen molar-refractivity contribution < 1.29 is 4.42 Å². The van der Waals surface area contributed by atoms with Gasteiger partial charge < -0.3 is 8.98 Å². The largest absolute Gasteiger partial charge is 0.453 e. The summed E-state index contributed by atoms with van der Waals surface area (Å²) < 4.78 is 11.4. The molecule has 0 N–H and O–H groups in total. The zero-order valence-corrected chi connectivity index (χ0v) is 15.8. The average Bonchev–Trinajstić information content (AvgIpc) is 3.28. The Morgan fingerprint density at radius 2 is 1.32 bits per heavy atom. The molecule has 0 unspecified atom stereocenters. The van der Waals surface area contributed by atoms with E-state index in [2.05, 4.69) is 61.9 Å². The molecule has 0 saturated carbocycles. The maximum Gasteiger partial charge on any atom is 0.161 e. The molecule has 2 nitrogen and oxygen atoms in total. The van der Waals surface area contributed by atoms with Gasteiger partial charge in [-0.25, -0.2) is 0 Å². The summed E-state index contributed by atoms with van der Waals surface area (Å²) >= 11 is 3.68. The van der Waals surface area contributed by atoms with Gasteiger partial charge in [0.15, 0.2) is 5.58 Å². The number of aromatic nitrogens is 1. The lowest BCUT2D eigenvalue weighted by atomic mass is 10.1. The number of aryl methyl sites for hydroxylation is 3. The summed E-state index contributed by atoms with van der Waals surface area (Å²) in [4.78, 5) is 2.67. The molecule has 4 heteroatoms. The predicted molar refractivity (Wildman–Crippen MR) is 110 cm³/mol. The number of benzene rings is 2. The highest BCUT2D eigenvalue weighted by Gasteiger charge is 2.20. The van der Waals surface area contributed by atoms with Crippen molar-refractivity contribution in [3.63, 3.8) is 0 Å². The average molecular weight is 361 g/mol. The topological polar surface area (TPSA) is 18.1 Å². The molecule has 2 aromatic carbocycles. The third-order valence-electron chi connectivity index (χ3n) is 5.16. The molecule has 0 radical (unpaired) electrons. The second-order valence-corrected chi connectivity index (χ2v) is 9.36. The molecule has 122 valence electrons. The second-order valence-electron chi connectivity index (χ2n) is 6.78. The van der Waals surface area contributed by atoms with Crippen LogP contribution in [-0.4, -0.2) is 4.57 Å². The van der Waals surface area contributed by atoms with Crippen LogP contribution in [0, 0.1) is 13.8 Å². The number of rotatable bonds is 0. The van der Waals surface area contributed by atoms with Crippen molar-refractivity contribution in [3.8, 4) is 0 Å². The maximum atomic E-state index is 6.46. The number of hydrogen-bond acceptors (Lipinski definition) is 3. The van der Waals surface area contributed by atoms with Crippen molar-refractivity contribution in [1.82, 2.24) is 4.57 Å². The van der Waals surface area contributed by atoms with Gasteiger partial charge in [-0.3, -0.25) is 0 Å². The van der Waals surface area contributed by atoms with Gasteiger partial charge in [0.25, 0.3) is 0 Å². The first-order valence-electron chi connectivity index (χ1n) is 8.35. The molecule has 0 saturated heterocycles. The second kappa shape index (κ2) is 4.45. The van der Waals surface area contributed by atoms with Gasteiger partial charge in [0.2, 0.25) is 0 Å². The van der Waals surface area contributed by atoms with Crippen LogP contribution in [0.4, 0.5) is 0 Å². The molecule has 0 bridgehead atoms. The van der Waals surface area contributed by atoms with Gasteiger partial charge in [0.1, 0.15) is 5.58 Å². The molecule has 0 aliphatic carbocycles. The van der Waals surface area contributed by atoms with E-state index in [1.807, 2.05) is 22.7 Å². The van der Waals surface area contributed by atoms with Crippen LogP contribution in [0.3, 0.4) is 0 Å². The van der Waals surface area contributed by atoms with E-state index < -0.39 is 0 Å². The molecule has 0 fully saturated rings. The van der Waals surface area contributed by atoms with Crippen LogP contribution in [0.1, 0.15) is 9.75 Å². The summed E-state index contributed by atoms with van der Waals surface area (Å²) in [5.41, 5.74) is 4.51. The van der Waals surface area contributed by atoms with Crippen molar-refractivity contribution >= 4 is 75.8 Å². The third-order valence-corrected chi connectivity index (χ3v) is 7.19. The molecule has 4 aromatic heterocycles. The molecule has 0 aliphatic rings. The summed E-state index contributed by atoms with van der Waals surface area (Å²) in [6, 6.07) is 13.4. The lowest BCUT2D eigenvalue weighted by molar-refractivity contribution is 0.676. The number of hydrogen-bond donors (Lipinski definition) is 0. The highest BCUT2D eigenvalue weighted by atomic mass is 32.1. The Balaban J connectivity index is 1.89. The zero-order chi connectivity index (χ0) is 16.9. The first-order valence-corrected chi connectivity index (χ1v) is 9.98. The van der Waals surface area contributed by atoms with Crippen LogP contribution in [-0.2, 0) is 7.05 Å². The van der Waals surface area contributed by atoms with Crippen molar-refractivity contribution in [2.24, 2.45) is 7.05 Å². The van der Waals surface area contributed by atoms with E-state index in [-0.39, 0.29) is 0 Å². The molecular weight excluding hydrogens is 346 g/mol. The molecule has 25 heavy (non-hydrogen) atoms. The van der Waals surface area contributed by atoms with Gasteiger partial charge >= 0.3 is 0 Å². The highest BCUT2D eigenvalue weighted by molar-refractivity contribution is 7.19. The number of thiophene rings is 2. The Labute approximate surface area is 151 Å². The van der Waals surface area contributed by atoms with E-state index in [4.69, 9.17) is 4.42 Å². The zero-order valence-electron chi connectivity index (χ0n) is 14.1. The van der Waals surface area contributed by atoms with Crippen molar-refractivity contribution in [3.05, 3.63) is 46.2 Å². The van der Waals surface area contributed by atoms with Gasteiger partial charge in [0.05, 0.1) is 11.0 Å². The standard InChI is InChI=1S/C21H15NOS2/c1-10-8-14-16(24-10)6-4-12-18(14)22(3)19-13-5-7-17-15(9-11(2)25-17)20(13)23-21(12)19/h4-9H,1-3H3. The van der Waals surface area contributed by atoms with E-state index in [1.165, 1.54) is 51.7 Å². The normalized spacial score (nSPS) is 12.6. The van der Waals surface area contributed by atoms with E-state index in [0.717, 1.165) is 11.2 Å². The van der Waals surface area contributed by atoms with E-state index in [1.54, 1.807) is 0 Å². The molecule has 0 spiro atoms. The minimum absolute atomic E-state index is 1.01. The van der Waals surface area contributed by atoms with Crippen LogP contribution < -0.4 is 0 Å². The first-order chi connectivity index (χ1) is 12.1. The van der Waals surface area contributed by atoms with Crippen LogP contribution in [0.25, 0.3) is 53.1 Å². The molecule has 0 amide bonds. The van der Waals surface area contributed by atoms with Gasteiger partial charge in [-0.2, -0.15) is 0 Å². The van der Waals surface area contributed by atoms with E-state index >= 15 is 0 Å². The lowest BCUT2D eigenvalue weighted by Crippen LogP contribution is -1.86. The predicted octanol–water partition coefficient (Wildman–Crippen LogP) is 7.12.